The van der Waals surface area contributed by atoms with E-state index in [0.717, 1.165) is 17.7 Å². The van der Waals surface area contributed by atoms with Gasteiger partial charge in [0, 0.05) is 11.1 Å². The molecule has 2 amide bonds. The van der Waals surface area contributed by atoms with E-state index in [2.05, 4.69) is 27.8 Å². The van der Waals surface area contributed by atoms with Crippen molar-refractivity contribution < 1.29 is 14.3 Å². The molecule has 1 heterocycles. The van der Waals surface area contributed by atoms with Gasteiger partial charge < -0.3 is 15.4 Å². The van der Waals surface area contributed by atoms with Crippen molar-refractivity contribution in [1.29, 1.82) is 0 Å². The quantitative estimate of drug-likeness (QED) is 0.584. The molecule has 28 heavy (non-hydrogen) atoms. The topological polar surface area (TPSA) is 96.1 Å². The maximum absolute atomic E-state index is 12.5. The van der Waals surface area contributed by atoms with Crippen LogP contribution in [-0.4, -0.2) is 34.2 Å². The van der Waals surface area contributed by atoms with Crippen LogP contribution in [0.5, 0.6) is 5.75 Å². The summed E-state index contributed by atoms with van der Waals surface area (Å²) in [7, 11) is 0. The molecule has 2 atom stereocenters. The van der Waals surface area contributed by atoms with Gasteiger partial charge in [-0.3, -0.25) is 14.7 Å². The number of nitrogens with one attached hydrogen (secondary N) is 3. The van der Waals surface area contributed by atoms with Crippen LogP contribution in [0.2, 0.25) is 0 Å². The second-order valence-corrected chi connectivity index (χ2v) is 6.66. The van der Waals surface area contributed by atoms with Crippen molar-refractivity contribution >= 4 is 28.4 Å². The monoisotopic (exact) mass is 380 g/mol. The zero-order valence-electron chi connectivity index (χ0n) is 16.2. The largest absolute Gasteiger partial charge is 0.491 e. The fraction of sp³-hybridized carbons (Fsp3) is 0.286. The number of rotatable bonds is 7. The minimum absolute atomic E-state index is 0.133. The Morgan fingerprint density at radius 3 is 2.54 bits per heavy atom. The Hall–Kier alpha value is -3.35. The molecule has 7 nitrogen and oxygen atoms in total. The van der Waals surface area contributed by atoms with Gasteiger partial charge in [0.1, 0.15) is 11.8 Å². The SMILES string of the molecule is CCC(C)Oc1ccc(NC(=O)C(C)NC(=O)c2n[nH]c3ccccc23)cc1. The van der Waals surface area contributed by atoms with Crippen LogP contribution in [0, 0.1) is 0 Å². The number of hydrogen-bond acceptors (Lipinski definition) is 4. The molecule has 2 unspecified atom stereocenters. The Balaban J connectivity index is 1.59. The first-order valence-electron chi connectivity index (χ1n) is 9.29. The summed E-state index contributed by atoms with van der Waals surface area (Å²) in [5.74, 6) is 0.0281. The van der Waals surface area contributed by atoms with Gasteiger partial charge in [0.2, 0.25) is 5.91 Å². The van der Waals surface area contributed by atoms with Gasteiger partial charge >= 0.3 is 0 Å². The van der Waals surface area contributed by atoms with E-state index in [9.17, 15) is 9.59 Å². The molecule has 1 aromatic heterocycles. The molecule has 0 radical (unpaired) electrons. The average molecular weight is 380 g/mol. The molecule has 3 aromatic rings. The number of benzene rings is 2. The molecular weight excluding hydrogens is 356 g/mol. The standard InChI is InChI=1S/C21H24N4O3/c1-4-13(2)28-16-11-9-15(10-12-16)23-20(26)14(3)22-21(27)19-17-7-5-6-8-18(17)24-25-19/h5-14H,4H2,1-3H3,(H,22,27)(H,23,26)(H,24,25). The molecule has 146 valence electrons. The fourth-order valence-electron chi connectivity index (χ4n) is 2.65. The summed E-state index contributed by atoms with van der Waals surface area (Å²) in [6, 6.07) is 13.8. The summed E-state index contributed by atoms with van der Waals surface area (Å²) >= 11 is 0. The number of fused-ring (bicyclic) bond motifs is 1. The minimum Gasteiger partial charge on any atom is -0.491 e. The van der Waals surface area contributed by atoms with Crippen LogP contribution in [0.25, 0.3) is 10.9 Å². The number of nitrogens with zero attached hydrogens (tertiary/aromatic N) is 1. The number of para-hydroxylation sites is 1. The number of carbonyl (C=O) groups excluding carboxylic acids is 2. The minimum atomic E-state index is -0.723. The molecule has 0 fully saturated rings. The smallest absolute Gasteiger partial charge is 0.273 e. The number of carbonyl (C=O) groups is 2. The van der Waals surface area contributed by atoms with E-state index in [0.29, 0.717) is 11.1 Å². The molecule has 0 bridgehead atoms. The molecule has 0 saturated carbocycles. The Morgan fingerprint density at radius 1 is 1.11 bits per heavy atom. The molecule has 3 rings (SSSR count). The summed E-state index contributed by atoms with van der Waals surface area (Å²) in [5, 5.41) is 13.0. The first-order chi connectivity index (χ1) is 13.5. The number of H-pyrrole nitrogens is 1. The zero-order chi connectivity index (χ0) is 20.1. The summed E-state index contributed by atoms with van der Waals surface area (Å²) in [4.78, 5) is 24.9. The predicted molar refractivity (Wildman–Crippen MR) is 108 cm³/mol. The maximum atomic E-state index is 12.5. The first kappa shape index (κ1) is 19.4. The second-order valence-electron chi connectivity index (χ2n) is 6.66. The maximum Gasteiger partial charge on any atom is 0.273 e. The third-order valence-corrected chi connectivity index (χ3v) is 4.46. The number of aromatic amines is 1. The number of ether oxygens (including phenoxy) is 1. The molecule has 0 aliphatic rings. The molecule has 0 spiro atoms. The Morgan fingerprint density at radius 2 is 1.82 bits per heavy atom. The highest BCUT2D eigenvalue weighted by Gasteiger charge is 2.20. The van der Waals surface area contributed by atoms with Gasteiger partial charge in [0.05, 0.1) is 11.6 Å². The van der Waals surface area contributed by atoms with Gasteiger partial charge in [-0.2, -0.15) is 5.10 Å². The van der Waals surface area contributed by atoms with Crippen molar-refractivity contribution in [3.63, 3.8) is 0 Å². The summed E-state index contributed by atoms with van der Waals surface area (Å²) < 4.78 is 5.72. The van der Waals surface area contributed by atoms with Crippen LogP contribution in [0.15, 0.2) is 48.5 Å². The van der Waals surface area contributed by atoms with E-state index in [1.807, 2.05) is 31.2 Å². The highest BCUT2D eigenvalue weighted by atomic mass is 16.5. The van der Waals surface area contributed by atoms with Crippen molar-refractivity contribution in [2.45, 2.75) is 39.3 Å². The van der Waals surface area contributed by atoms with Crippen LogP contribution in [0.4, 0.5) is 5.69 Å². The number of amides is 2. The number of hydrogen-bond donors (Lipinski definition) is 3. The van der Waals surface area contributed by atoms with E-state index < -0.39 is 11.9 Å². The van der Waals surface area contributed by atoms with Crippen molar-refractivity contribution in [2.24, 2.45) is 0 Å². The Labute approximate surface area is 163 Å². The number of anilines is 1. The average Bonchev–Trinajstić information content (AvgIpc) is 3.13. The zero-order valence-corrected chi connectivity index (χ0v) is 16.2. The van der Waals surface area contributed by atoms with Gasteiger partial charge in [-0.25, -0.2) is 0 Å². The lowest BCUT2D eigenvalue weighted by molar-refractivity contribution is -0.117. The van der Waals surface area contributed by atoms with Crippen molar-refractivity contribution in [3.8, 4) is 5.75 Å². The van der Waals surface area contributed by atoms with Gasteiger partial charge in [-0.1, -0.05) is 25.1 Å². The molecule has 2 aromatic carbocycles. The first-order valence-corrected chi connectivity index (χ1v) is 9.29. The second kappa shape index (κ2) is 8.56. The van der Waals surface area contributed by atoms with Crippen LogP contribution >= 0.6 is 0 Å². The Bertz CT molecular complexity index is 965. The molecule has 0 saturated heterocycles. The van der Waals surface area contributed by atoms with Crippen LogP contribution < -0.4 is 15.4 Å². The van der Waals surface area contributed by atoms with E-state index in [1.54, 1.807) is 31.2 Å². The van der Waals surface area contributed by atoms with Crippen molar-refractivity contribution in [3.05, 3.63) is 54.2 Å². The van der Waals surface area contributed by atoms with Crippen LogP contribution in [-0.2, 0) is 4.79 Å². The fourth-order valence-corrected chi connectivity index (χ4v) is 2.65. The molecule has 0 aliphatic carbocycles. The normalized spacial score (nSPS) is 13.0. The van der Waals surface area contributed by atoms with Gasteiger partial charge in [0.25, 0.3) is 5.91 Å². The number of aromatic nitrogens is 2. The molecule has 7 heteroatoms. The Kier molecular flexibility index (Phi) is 5.93. The lowest BCUT2D eigenvalue weighted by Gasteiger charge is -2.15. The molecular formula is C21H24N4O3. The lowest BCUT2D eigenvalue weighted by Crippen LogP contribution is -2.41. The lowest BCUT2D eigenvalue weighted by atomic mass is 10.2. The van der Waals surface area contributed by atoms with Crippen molar-refractivity contribution in [2.75, 3.05) is 5.32 Å². The predicted octanol–water partition coefficient (Wildman–Crippen LogP) is 3.50. The van der Waals surface area contributed by atoms with E-state index in [-0.39, 0.29) is 17.7 Å². The molecule has 0 aliphatic heterocycles. The van der Waals surface area contributed by atoms with E-state index >= 15 is 0 Å². The van der Waals surface area contributed by atoms with Crippen molar-refractivity contribution in [1.82, 2.24) is 15.5 Å². The highest BCUT2D eigenvalue weighted by molar-refractivity contribution is 6.06. The van der Waals surface area contributed by atoms with E-state index in [4.69, 9.17) is 4.74 Å². The van der Waals surface area contributed by atoms with Gasteiger partial charge in [-0.05, 0) is 50.6 Å². The molecule has 3 N–H and O–H groups in total. The highest BCUT2D eigenvalue weighted by Crippen LogP contribution is 2.18. The van der Waals surface area contributed by atoms with Crippen LogP contribution in [0.1, 0.15) is 37.7 Å². The van der Waals surface area contributed by atoms with Crippen LogP contribution in [0.3, 0.4) is 0 Å². The summed E-state index contributed by atoms with van der Waals surface area (Å²) in [6.45, 7) is 5.69. The third-order valence-electron chi connectivity index (χ3n) is 4.46. The van der Waals surface area contributed by atoms with Gasteiger partial charge in [0.15, 0.2) is 5.69 Å². The van der Waals surface area contributed by atoms with E-state index in [1.165, 1.54) is 0 Å². The third kappa shape index (κ3) is 4.49. The summed E-state index contributed by atoms with van der Waals surface area (Å²) in [6.07, 6.45) is 1.05. The van der Waals surface area contributed by atoms with Gasteiger partial charge in [-0.15, -0.1) is 0 Å². The summed E-state index contributed by atoms with van der Waals surface area (Å²) in [5.41, 5.74) is 1.67.